The lowest BCUT2D eigenvalue weighted by Crippen LogP contribution is -2.31. The van der Waals surface area contributed by atoms with Gasteiger partial charge in [-0.15, -0.1) is 11.8 Å². The second kappa shape index (κ2) is 8.75. The van der Waals surface area contributed by atoms with Crippen molar-refractivity contribution in [3.63, 3.8) is 0 Å². The highest BCUT2D eigenvalue weighted by atomic mass is 32.2. The molecule has 4 nitrogen and oxygen atoms in total. The van der Waals surface area contributed by atoms with Gasteiger partial charge in [-0.2, -0.15) is 0 Å². The van der Waals surface area contributed by atoms with Crippen molar-refractivity contribution in [1.82, 2.24) is 0 Å². The number of carbonyl (C=O) groups excluding carboxylic acids is 2. The number of halogens is 3. The topological polar surface area (TPSA) is 55.4 Å². The van der Waals surface area contributed by atoms with Crippen LogP contribution in [0, 0.1) is 24.4 Å². The van der Waals surface area contributed by atoms with Crippen LogP contribution in [0.1, 0.15) is 12.5 Å². The van der Waals surface area contributed by atoms with Crippen LogP contribution in [0.3, 0.4) is 0 Å². The molecule has 0 bridgehead atoms. The van der Waals surface area contributed by atoms with Crippen molar-refractivity contribution in [2.75, 3.05) is 11.1 Å². The molecule has 0 aliphatic rings. The van der Waals surface area contributed by atoms with Crippen molar-refractivity contribution in [1.29, 1.82) is 0 Å². The van der Waals surface area contributed by atoms with Crippen molar-refractivity contribution in [2.45, 2.75) is 24.8 Å². The van der Waals surface area contributed by atoms with Crippen molar-refractivity contribution in [3.8, 4) is 0 Å². The van der Waals surface area contributed by atoms with E-state index in [9.17, 15) is 22.8 Å². The van der Waals surface area contributed by atoms with Gasteiger partial charge in [0, 0.05) is 4.90 Å². The fourth-order valence-corrected chi connectivity index (χ4v) is 2.81. The number of nitrogens with one attached hydrogen (secondary N) is 1. The minimum atomic E-state index is -1.69. The third-order valence-electron chi connectivity index (χ3n) is 3.41. The van der Waals surface area contributed by atoms with Gasteiger partial charge >= 0.3 is 5.97 Å². The molecule has 0 unspecified atom stereocenters. The smallest absolute Gasteiger partial charge is 0.317 e. The Morgan fingerprint density at radius 2 is 1.81 bits per heavy atom. The number of hydrogen-bond donors (Lipinski definition) is 1. The summed E-state index contributed by atoms with van der Waals surface area (Å²) in [7, 11) is 0. The van der Waals surface area contributed by atoms with Gasteiger partial charge in [-0.1, -0.05) is 18.2 Å². The molecule has 0 heterocycles. The lowest BCUT2D eigenvalue weighted by Gasteiger charge is -2.14. The van der Waals surface area contributed by atoms with Crippen LogP contribution in [-0.4, -0.2) is 23.7 Å². The van der Waals surface area contributed by atoms with E-state index in [1.807, 2.05) is 31.2 Å². The molecule has 1 amide bonds. The van der Waals surface area contributed by atoms with E-state index in [1.165, 1.54) is 18.7 Å². The Labute approximate surface area is 152 Å². The number of esters is 1. The van der Waals surface area contributed by atoms with Gasteiger partial charge in [0.1, 0.15) is 0 Å². The molecular formula is C18H16F3NO3S. The first-order chi connectivity index (χ1) is 12.3. The zero-order chi connectivity index (χ0) is 19.3. The lowest BCUT2D eigenvalue weighted by molar-refractivity contribution is -0.150. The van der Waals surface area contributed by atoms with Gasteiger partial charge in [-0.3, -0.25) is 9.59 Å². The Morgan fingerprint density at radius 3 is 2.50 bits per heavy atom. The molecule has 0 spiro atoms. The van der Waals surface area contributed by atoms with Crippen molar-refractivity contribution < 1.29 is 27.5 Å². The fraction of sp³-hybridized carbons (Fsp3) is 0.222. The summed E-state index contributed by atoms with van der Waals surface area (Å²) in [5.41, 5.74) is 0.469. The summed E-state index contributed by atoms with van der Waals surface area (Å²) < 4.78 is 44.6. The Balaban J connectivity index is 1.89. The Hall–Kier alpha value is -2.48. The number of benzene rings is 2. The van der Waals surface area contributed by atoms with Crippen LogP contribution in [-0.2, 0) is 14.3 Å². The first-order valence-corrected chi connectivity index (χ1v) is 8.60. The highest BCUT2D eigenvalue weighted by Gasteiger charge is 2.21. The highest BCUT2D eigenvalue weighted by Crippen LogP contribution is 2.22. The molecule has 138 valence electrons. The number of aryl methyl sites for hydroxylation is 1. The maximum atomic E-state index is 13.6. The molecule has 2 rings (SSSR count). The molecule has 0 saturated heterocycles. The van der Waals surface area contributed by atoms with E-state index in [4.69, 9.17) is 4.74 Å². The minimum Gasteiger partial charge on any atom is -0.452 e. The summed E-state index contributed by atoms with van der Waals surface area (Å²) in [4.78, 5) is 24.7. The summed E-state index contributed by atoms with van der Waals surface area (Å²) in [5, 5.41) is 2.06. The molecule has 2 aromatic carbocycles. The van der Waals surface area contributed by atoms with E-state index >= 15 is 0 Å². The van der Waals surface area contributed by atoms with Crippen LogP contribution in [0.25, 0.3) is 0 Å². The molecule has 8 heteroatoms. The lowest BCUT2D eigenvalue weighted by atomic mass is 10.2. The predicted octanol–water partition coefficient (Wildman–Crippen LogP) is 4.07. The summed E-state index contributed by atoms with van der Waals surface area (Å²) in [6, 6.07) is 9.04. The molecule has 1 N–H and O–H groups in total. The standard InChI is InChI=1S/C18H16F3NO3S/c1-10-5-3-4-6-14(10)26-9-15(23)25-11(2)18(24)22-13-8-7-12(19)16(20)17(13)21/h3-8,11H,9H2,1-2H3,(H,22,24)/t11-/m0/s1. The first-order valence-electron chi connectivity index (χ1n) is 7.62. The number of rotatable bonds is 6. The molecule has 26 heavy (non-hydrogen) atoms. The maximum Gasteiger partial charge on any atom is 0.317 e. The summed E-state index contributed by atoms with van der Waals surface area (Å²) in [6.07, 6.45) is -1.23. The summed E-state index contributed by atoms with van der Waals surface area (Å²) >= 11 is 1.26. The molecular weight excluding hydrogens is 367 g/mol. The average molecular weight is 383 g/mol. The van der Waals surface area contributed by atoms with E-state index in [-0.39, 0.29) is 5.75 Å². The Kier molecular flexibility index (Phi) is 6.68. The SMILES string of the molecule is Cc1ccccc1SCC(=O)O[C@@H](C)C(=O)Nc1ccc(F)c(F)c1F. The minimum absolute atomic E-state index is 0.0119. The third kappa shape index (κ3) is 5.01. The van der Waals surface area contributed by atoms with Crippen molar-refractivity contribution >= 4 is 29.3 Å². The van der Waals surface area contributed by atoms with Crippen LogP contribution in [0.4, 0.5) is 18.9 Å². The Morgan fingerprint density at radius 1 is 1.12 bits per heavy atom. The van der Waals surface area contributed by atoms with Gasteiger partial charge in [-0.05, 0) is 37.6 Å². The monoisotopic (exact) mass is 383 g/mol. The second-order valence-corrected chi connectivity index (χ2v) is 6.42. The number of amides is 1. The zero-order valence-electron chi connectivity index (χ0n) is 14.0. The van der Waals surface area contributed by atoms with Gasteiger partial charge in [0.25, 0.3) is 5.91 Å². The van der Waals surface area contributed by atoms with Gasteiger partial charge in [0.2, 0.25) is 0 Å². The maximum absolute atomic E-state index is 13.6. The largest absolute Gasteiger partial charge is 0.452 e. The normalized spacial score (nSPS) is 11.7. The summed E-state index contributed by atoms with van der Waals surface area (Å²) in [6.45, 7) is 3.20. The molecule has 1 atom stereocenters. The predicted molar refractivity (Wildman–Crippen MR) is 92.4 cm³/mol. The van der Waals surface area contributed by atoms with E-state index in [0.29, 0.717) is 6.07 Å². The van der Waals surface area contributed by atoms with Crippen LogP contribution >= 0.6 is 11.8 Å². The van der Waals surface area contributed by atoms with E-state index in [0.717, 1.165) is 16.5 Å². The van der Waals surface area contributed by atoms with Crippen LogP contribution in [0.2, 0.25) is 0 Å². The quantitative estimate of drug-likeness (QED) is 0.464. The molecule has 0 saturated carbocycles. The molecule has 2 aromatic rings. The van der Waals surface area contributed by atoms with E-state index < -0.39 is 41.1 Å². The third-order valence-corrected chi connectivity index (χ3v) is 4.56. The number of thioether (sulfide) groups is 1. The molecule has 0 aliphatic heterocycles. The van der Waals surface area contributed by atoms with Crippen LogP contribution in [0.15, 0.2) is 41.3 Å². The van der Waals surface area contributed by atoms with Crippen molar-refractivity contribution in [2.24, 2.45) is 0 Å². The molecule has 0 aromatic heterocycles. The van der Waals surface area contributed by atoms with Gasteiger partial charge in [0.05, 0.1) is 11.4 Å². The molecule has 0 aliphatic carbocycles. The molecule has 0 fully saturated rings. The van der Waals surface area contributed by atoms with Gasteiger partial charge < -0.3 is 10.1 Å². The fourth-order valence-electron chi connectivity index (χ4n) is 2.00. The number of anilines is 1. The van der Waals surface area contributed by atoms with E-state index in [2.05, 4.69) is 5.32 Å². The Bertz CT molecular complexity index is 829. The number of carbonyl (C=O) groups is 2. The number of ether oxygens (including phenoxy) is 1. The molecule has 0 radical (unpaired) electrons. The zero-order valence-corrected chi connectivity index (χ0v) is 14.8. The van der Waals surface area contributed by atoms with Crippen LogP contribution < -0.4 is 5.32 Å². The van der Waals surface area contributed by atoms with Gasteiger partial charge in [0.15, 0.2) is 23.6 Å². The number of hydrogen-bond acceptors (Lipinski definition) is 4. The van der Waals surface area contributed by atoms with Crippen LogP contribution in [0.5, 0.6) is 0 Å². The van der Waals surface area contributed by atoms with E-state index in [1.54, 1.807) is 0 Å². The highest BCUT2D eigenvalue weighted by molar-refractivity contribution is 8.00. The summed E-state index contributed by atoms with van der Waals surface area (Å²) in [5.74, 6) is -6.08. The van der Waals surface area contributed by atoms with Gasteiger partial charge in [-0.25, -0.2) is 13.2 Å². The first kappa shape index (κ1) is 19.8. The average Bonchev–Trinajstić information content (AvgIpc) is 2.61. The second-order valence-electron chi connectivity index (χ2n) is 5.40. The van der Waals surface area contributed by atoms with Crippen molar-refractivity contribution in [3.05, 3.63) is 59.4 Å².